The second kappa shape index (κ2) is 11.2. The van der Waals surface area contributed by atoms with Crippen molar-refractivity contribution in [3.05, 3.63) is 84.4 Å². The Morgan fingerprint density at radius 1 is 0.700 bits per heavy atom. The topological polar surface area (TPSA) is 105 Å². The number of allylic oxidation sites excluding steroid dienone is 2. The van der Waals surface area contributed by atoms with E-state index in [9.17, 15) is 19.2 Å². The fraction of sp³-hybridized carbons (Fsp3) is 0.182. The van der Waals surface area contributed by atoms with Crippen LogP contribution in [0.4, 0.5) is 0 Å². The van der Waals surface area contributed by atoms with Crippen LogP contribution in [0.2, 0.25) is 0 Å². The number of ether oxygens (including phenoxy) is 4. The highest BCUT2D eigenvalue weighted by atomic mass is 16.5. The van der Waals surface area contributed by atoms with Gasteiger partial charge in [0.25, 0.3) is 0 Å². The Balaban J connectivity index is 3.70. The molecular weight excluding hydrogens is 392 g/mol. The van der Waals surface area contributed by atoms with Gasteiger partial charge in [0.2, 0.25) is 0 Å². The fourth-order valence-electron chi connectivity index (χ4n) is 2.13. The second-order valence-electron chi connectivity index (χ2n) is 5.90. The van der Waals surface area contributed by atoms with Gasteiger partial charge in [-0.25, -0.2) is 19.2 Å². The molecule has 0 saturated heterocycles. The molecule has 0 fully saturated rings. The molecule has 1 rings (SSSR count). The van der Waals surface area contributed by atoms with Crippen molar-refractivity contribution in [3.63, 3.8) is 0 Å². The molecule has 0 spiro atoms. The minimum atomic E-state index is -0.986. The van der Waals surface area contributed by atoms with Gasteiger partial charge in [0.1, 0.15) is 13.2 Å². The molecule has 8 nitrogen and oxygen atoms in total. The van der Waals surface area contributed by atoms with Gasteiger partial charge in [-0.05, 0) is 26.0 Å². The normalized spacial score (nSPS) is 9.67. The molecule has 0 heterocycles. The van der Waals surface area contributed by atoms with Crippen molar-refractivity contribution >= 4 is 23.9 Å². The van der Waals surface area contributed by atoms with E-state index < -0.39 is 23.9 Å². The molecule has 8 heteroatoms. The Hall–Kier alpha value is -3.94. The van der Waals surface area contributed by atoms with Crippen LogP contribution in [0, 0.1) is 0 Å². The molecule has 0 aliphatic carbocycles. The first-order chi connectivity index (χ1) is 14.1. The van der Waals surface area contributed by atoms with Crippen molar-refractivity contribution in [3.8, 4) is 0 Å². The molecule has 0 saturated carbocycles. The van der Waals surface area contributed by atoms with Crippen molar-refractivity contribution < 1.29 is 38.1 Å². The highest BCUT2D eigenvalue weighted by Crippen LogP contribution is 2.23. The predicted molar refractivity (Wildman–Crippen MR) is 108 cm³/mol. The Labute approximate surface area is 174 Å². The summed E-state index contributed by atoms with van der Waals surface area (Å²) in [6.07, 6.45) is 2.64. The van der Waals surface area contributed by atoms with Crippen LogP contribution in [0.15, 0.2) is 62.1 Å². The van der Waals surface area contributed by atoms with E-state index in [0.29, 0.717) is 0 Å². The maximum atomic E-state index is 12.5. The minimum absolute atomic E-state index is 0.0458. The van der Waals surface area contributed by atoms with Crippen molar-refractivity contribution in [1.29, 1.82) is 0 Å². The zero-order chi connectivity index (χ0) is 22.8. The lowest BCUT2D eigenvalue weighted by Gasteiger charge is -2.14. The smallest absolute Gasteiger partial charge is 0.344 e. The Bertz CT molecular complexity index is 848. The van der Waals surface area contributed by atoms with E-state index in [1.165, 1.54) is 26.0 Å². The van der Waals surface area contributed by atoms with Gasteiger partial charge in [0.05, 0.1) is 33.8 Å². The van der Waals surface area contributed by atoms with Crippen LogP contribution in [-0.2, 0) is 18.9 Å². The Morgan fingerprint density at radius 2 is 1.00 bits per heavy atom. The summed E-state index contributed by atoms with van der Waals surface area (Å²) in [5.41, 5.74) is -1.30. The van der Waals surface area contributed by atoms with E-state index in [-0.39, 0.29) is 47.0 Å². The van der Waals surface area contributed by atoms with Gasteiger partial charge in [0, 0.05) is 0 Å². The highest BCUT2D eigenvalue weighted by Gasteiger charge is 2.29. The SMILES string of the molecule is C=CCOC(=O)c1cc(C(=O)OC(=C)C)c(C(=O)OC(=C)C)cc1C(=O)OCC=C. The van der Waals surface area contributed by atoms with Gasteiger partial charge in [-0.3, -0.25) is 0 Å². The van der Waals surface area contributed by atoms with Crippen LogP contribution in [-0.4, -0.2) is 37.1 Å². The van der Waals surface area contributed by atoms with Crippen LogP contribution < -0.4 is 0 Å². The fourth-order valence-corrected chi connectivity index (χ4v) is 2.13. The molecule has 0 atom stereocenters. The summed E-state index contributed by atoms with van der Waals surface area (Å²) in [6.45, 7) is 16.3. The number of hydrogen-bond donors (Lipinski definition) is 0. The van der Waals surface area contributed by atoms with Crippen molar-refractivity contribution in [2.45, 2.75) is 13.8 Å². The summed E-state index contributed by atoms with van der Waals surface area (Å²) in [5.74, 6) is -3.76. The van der Waals surface area contributed by atoms with E-state index in [4.69, 9.17) is 18.9 Å². The number of carbonyl (C=O) groups excluding carboxylic acids is 4. The lowest BCUT2D eigenvalue weighted by atomic mass is 9.98. The summed E-state index contributed by atoms with van der Waals surface area (Å²) in [5, 5.41) is 0. The molecule has 30 heavy (non-hydrogen) atoms. The van der Waals surface area contributed by atoms with Crippen molar-refractivity contribution in [1.82, 2.24) is 0 Å². The zero-order valence-corrected chi connectivity index (χ0v) is 16.8. The van der Waals surface area contributed by atoms with Gasteiger partial charge in [-0.15, -0.1) is 0 Å². The summed E-state index contributed by atoms with van der Waals surface area (Å²) in [7, 11) is 0. The first-order valence-corrected chi connectivity index (χ1v) is 8.61. The molecule has 0 bridgehead atoms. The number of esters is 4. The lowest BCUT2D eigenvalue weighted by molar-refractivity contribution is 0.0500. The van der Waals surface area contributed by atoms with Crippen LogP contribution in [0.3, 0.4) is 0 Å². The van der Waals surface area contributed by atoms with Gasteiger partial charge in [0.15, 0.2) is 0 Å². The van der Waals surface area contributed by atoms with E-state index in [2.05, 4.69) is 26.3 Å². The van der Waals surface area contributed by atoms with Crippen LogP contribution in [0.25, 0.3) is 0 Å². The molecule has 0 N–H and O–H groups in total. The van der Waals surface area contributed by atoms with Gasteiger partial charge < -0.3 is 18.9 Å². The summed E-state index contributed by atoms with van der Waals surface area (Å²) in [4.78, 5) is 49.9. The van der Waals surface area contributed by atoms with E-state index in [0.717, 1.165) is 12.1 Å². The average Bonchev–Trinajstić information content (AvgIpc) is 2.67. The molecule has 0 radical (unpaired) electrons. The van der Waals surface area contributed by atoms with Gasteiger partial charge in [-0.2, -0.15) is 0 Å². The average molecular weight is 414 g/mol. The second-order valence-corrected chi connectivity index (χ2v) is 5.90. The molecule has 0 aromatic heterocycles. The first kappa shape index (κ1) is 24.1. The van der Waals surface area contributed by atoms with E-state index in [1.54, 1.807) is 0 Å². The molecular formula is C22H22O8. The largest absolute Gasteiger partial charge is 0.458 e. The zero-order valence-electron chi connectivity index (χ0n) is 16.8. The maximum absolute atomic E-state index is 12.5. The Kier molecular flexibility index (Phi) is 8.96. The quantitative estimate of drug-likeness (QED) is 0.247. The summed E-state index contributed by atoms with van der Waals surface area (Å²) in [6, 6.07) is 1.99. The third-order valence-corrected chi connectivity index (χ3v) is 3.24. The third-order valence-electron chi connectivity index (χ3n) is 3.24. The number of carbonyl (C=O) groups is 4. The number of rotatable bonds is 10. The minimum Gasteiger partial charge on any atom is -0.458 e. The summed E-state index contributed by atoms with van der Waals surface area (Å²) >= 11 is 0. The predicted octanol–water partition coefficient (Wildman–Crippen LogP) is 3.75. The third kappa shape index (κ3) is 6.59. The lowest BCUT2D eigenvalue weighted by Crippen LogP contribution is -2.20. The molecule has 0 aliphatic rings. The monoisotopic (exact) mass is 414 g/mol. The van der Waals surface area contributed by atoms with Gasteiger partial charge in [-0.1, -0.05) is 38.5 Å². The van der Waals surface area contributed by atoms with Crippen molar-refractivity contribution in [2.24, 2.45) is 0 Å². The standard InChI is InChI=1S/C22H22O8/c1-7-9-27-19(23)15-11-17(21(25)29-13(3)4)18(22(26)30-14(5)6)12-16(15)20(24)28-10-8-2/h7-8,11-12H,1-3,5,9-10H2,4,6H3. The first-order valence-electron chi connectivity index (χ1n) is 8.61. The molecule has 0 unspecified atom stereocenters. The van der Waals surface area contributed by atoms with Gasteiger partial charge >= 0.3 is 23.9 Å². The molecule has 158 valence electrons. The highest BCUT2D eigenvalue weighted by molar-refractivity contribution is 6.10. The van der Waals surface area contributed by atoms with E-state index >= 15 is 0 Å². The van der Waals surface area contributed by atoms with Crippen molar-refractivity contribution in [2.75, 3.05) is 13.2 Å². The summed E-state index contributed by atoms with van der Waals surface area (Å²) < 4.78 is 19.8. The van der Waals surface area contributed by atoms with Crippen LogP contribution in [0.5, 0.6) is 0 Å². The van der Waals surface area contributed by atoms with Crippen LogP contribution in [0.1, 0.15) is 55.3 Å². The van der Waals surface area contributed by atoms with E-state index in [1.807, 2.05) is 0 Å². The number of benzene rings is 1. The molecule has 1 aromatic rings. The molecule has 0 amide bonds. The molecule has 1 aromatic carbocycles. The molecule has 0 aliphatic heterocycles. The number of hydrogen-bond acceptors (Lipinski definition) is 8. The maximum Gasteiger partial charge on any atom is 0.344 e. The van der Waals surface area contributed by atoms with Crippen LogP contribution >= 0.6 is 0 Å². The Morgan fingerprint density at radius 3 is 1.27 bits per heavy atom.